The normalized spacial score (nSPS) is 11.4. The molecule has 1 N–H and O–H groups in total. The molecule has 0 aliphatic rings. The Bertz CT molecular complexity index is 1450. The topological polar surface area (TPSA) is 50.2 Å². The van der Waals surface area contributed by atoms with E-state index in [0.717, 1.165) is 27.8 Å². The quantitative estimate of drug-likeness (QED) is 0.101. The summed E-state index contributed by atoms with van der Waals surface area (Å²) in [5.74, 6) is 6.63. The van der Waals surface area contributed by atoms with Crippen molar-refractivity contribution >= 4 is 34.2 Å². The molecule has 3 nitrogen and oxygen atoms in total. The molecule has 4 rings (SSSR count). The van der Waals surface area contributed by atoms with Crippen molar-refractivity contribution in [2.45, 2.75) is 45.0 Å². The van der Waals surface area contributed by atoms with Crippen molar-refractivity contribution in [3.05, 3.63) is 95.6 Å². The summed E-state index contributed by atoms with van der Waals surface area (Å²) in [6, 6.07) is 21.6. The number of ketones is 1. The summed E-state index contributed by atoms with van der Waals surface area (Å²) >= 11 is -2.07. The molecule has 4 aromatic rings. The number of benzene rings is 3. The molecule has 1 heterocycles. The SMILES string of the molecule is CC(=O)/C=C(/C)O.Cc1cnc(-c2[c-]c3ccccc3c(C)c2)cc1-c1cc[c]([Ge]([CH3])([CH3])[CH3])cc1F.[Ir]. The van der Waals surface area contributed by atoms with Crippen LogP contribution in [0, 0.1) is 25.7 Å². The van der Waals surface area contributed by atoms with Crippen LogP contribution in [0.5, 0.6) is 0 Å². The van der Waals surface area contributed by atoms with Crippen LogP contribution in [-0.4, -0.2) is 29.1 Å². The number of halogens is 1. The van der Waals surface area contributed by atoms with Crippen molar-refractivity contribution in [2.24, 2.45) is 0 Å². The second-order valence-corrected chi connectivity index (χ2v) is 20.8. The van der Waals surface area contributed by atoms with E-state index in [9.17, 15) is 4.79 Å². The van der Waals surface area contributed by atoms with Gasteiger partial charge < -0.3 is 5.11 Å². The molecule has 0 saturated heterocycles. The second kappa shape index (κ2) is 12.8. The van der Waals surface area contributed by atoms with Gasteiger partial charge >= 0.3 is 169 Å². The van der Waals surface area contributed by atoms with Gasteiger partial charge in [0.1, 0.15) is 0 Å². The first-order valence-electron chi connectivity index (χ1n) is 11.9. The zero-order chi connectivity index (χ0) is 26.6. The van der Waals surface area contributed by atoms with Crippen LogP contribution >= 0.6 is 0 Å². The summed E-state index contributed by atoms with van der Waals surface area (Å²) in [5.41, 5.74) is 5.43. The molecule has 0 fully saturated rings. The average Bonchev–Trinajstić information content (AvgIpc) is 2.78. The minimum absolute atomic E-state index is 0. The molecule has 6 heteroatoms. The Hall–Kier alpha value is -2.60. The number of nitrogens with zero attached hydrogens (tertiary/aromatic N) is 1. The predicted molar refractivity (Wildman–Crippen MR) is 151 cm³/mol. The zero-order valence-corrected chi connectivity index (χ0v) is 26.9. The van der Waals surface area contributed by atoms with Gasteiger partial charge in [0.2, 0.25) is 0 Å². The van der Waals surface area contributed by atoms with Crippen molar-refractivity contribution < 1.29 is 34.4 Å². The van der Waals surface area contributed by atoms with Crippen molar-refractivity contribution in [3.63, 3.8) is 0 Å². The van der Waals surface area contributed by atoms with Crippen LogP contribution in [0.3, 0.4) is 0 Å². The third-order valence-electron chi connectivity index (χ3n) is 5.90. The van der Waals surface area contributed by atoms with Crippen molar-refractivity contribution in [1.29, 1.82) is 0 Å². The number of aromatic nitrogens is 1. The molecule has 0 bridgehead atoms. The predicted octanol–water partition coefficient (Wildman–Crippen LogP) is 7.70. The van der Waals surface area contributed by atoms with Crippen LogP contribution in [0.1, 0.15) is 25.0 Å². The number of aliphatic hydroxyl groups is 1. The molecule has 1 radical (unpaired) electrons. The number of rotatable bonds is 4. The minimum atomic E-state index is -2.07. The number of carbonyl (C=O) groups excluding carboxylic acids is 1. The molecule has 0 unspecified atom stereocenters. The van der Waals surface area contributed by atoms with E-state index in [-0.39, 0.29) is 37.5 Å². The Kier molecular flexibility index (Phi) is 10.6. The number of hydrogen-bond donors (Lipinski definition) is 1. The van der Waals surface area contributed by atoms with E-state index in [2.05, 4.69) is 59.5 Å². The molecular formula is C31H33FGeIrNO2-. The van der Waals surface area contributed by atoms with Gasteiger partial charge in [-0.2, -0.15) is 0 Å². The Morgan fingerprint density at radius 2 is 1.65 bits per heavy atom. The van der Waals surface area contributed by atoms with Gasteiger partial charge in [-0.05, 0) is 13.8 Å². The number of aliphatic hydroxyl groups excluding tert-OH is 1. The molecule has 0 aliphatic carbocycles. The third kappa shape index (κ3) is 7.94. The first-order chi connectivity index (χ1) is 16.9. The Balaban J connectivity index is 0.000000532. The fourth-order valence-electron chi connectivity index (χ4n) is 4.00. The molecule has 37 heavy (non-hydrogen) atoms. The molecule has 0 amide bonds. The molecule has 195 valence electrons. The number of carbonyl (C=O) groups is 1. The Labute approximate surface area is 235 Å². The fraction of sp³-hybridized carbons (Fsp3) is 0.226. The van der Waals surface area contributed by atoms with Crippen LogP contribution in [0.15, 0.2) is 72.6 Å². The smallest absolute Gasteiger partial charge is 0 e. The van der Waals surface area contributed by atoms with E-state index in [1.54, 1.807) is 6.07 Å². The number of allylic oxidation sites excluding steroid dienone is 2. The Morgan fingerprint density at radius 1 is 0.973 bits per heavy atom. The zero-order valence-electron chi connectivity index (χ0n) is 22.4. The second-order valence-electron chi connectivity index (χ2n) is 10.1. The van der Waals surface area contributed by atoms with Crippen molar-refractivity contribution in [3.8, 4) is 22.4 Å². The summed E-state index contributed by atoms with van der Waals surface area (Å²) < 4.78 is 16.2. The number of fused-ring (bicyclic) bond motifs is 1. The van der Waals surface area contributed by atoms with Gasteiger partial charge in [-0.15, -0.1) is 0 Å². The number of hydrogen-bond acceptors (Lipinski definition) is 3. The van der Waals surface area contributed by atoms with Gasteiger partial charge in [-0.25, -0.2) is 0 Å². The Morgan fingerprint density at radius 3 is 2.22 bits per heavy atom. The van der Waals surface area contributed by atoms with E-state index in [1.807, 2.05) is 37.4 Å². The average molecular weight is 735 g/mol. The molecule has 1 aromatic heterocycles. The summed E-state index contributed by atoms with van der Waals surface area (Å²) in [5, 5.41) is 10.6. The van der Waals surface area contributed by atoms with Crippen molar-refractivity contribution in [1.82, 2.24) is 4.98 Å². The van der Waals surface area contributed by atoms with E-state index >= 15 is 4.39 Å². The van der Waals surface area contributed by atoms with Gasteiger partial charge in [0.05, 0.1) is 5.76 Å². The van der Waals surface area contributed by atoms with Crippen LogP contribution in [0.2, 0.25) is 17.3 Å². The van der Waals surface area contributed by atoms with E-state index in [1.165, 1.54) is 35.3 Å². The standard InChI is InChI=1S/C26H25FGeN.C5H8O2.Ir/c1-17-12-20(13-19-8-6-7-9-22(17)19)26-15-24(18(2)16-29-26)23-11-10-21(14-25(23)27)28(3,4)5;1-4(6)3-5(2)7;/h6-12,14-16H,1-5H3;3,6H,1-2H3;/q-1;;/b;4-3-;. The molecule has 3 aromatic carbocycles. The van der Waals surface area contributed by atoms with Crippen molar-refractivity contribution in [2.75, 3.05) is 0 Å². The van der Waals surface area contributed by atoms with E-state index in [0.29, 0.717) is 5.56 Å². The largest absolute Gasteiger partial charge is 0 e. The van der Waals surface area contributed by atoms with Gasteiger partial charge in [-0.3, -0.25) is 4.79 Å². The van der Waals surface area contributed by atoms with Crippen LogP contribution in [0.25, 0.3) is 33.2 Å². The summed E-state index contributed by atoms with van der Waals surface area (Å²) in [6.07, 6.45) is 3.00. The summed E-state index contributed by atoms with van der Waals surface area (Å²) in [6.45, 7) is 6.93. The van der Waals surface area contributed by atoms with Gasteiger partial charge in [0.15, 0.2) is 5.78 Å². The summed E-state index contributed by atoms with van der Waals surface area (Å²) in [4.78, 5) is 14.6. The first kappa shape index (κ1) is 30.6. The van der Waals surface area contributed by atoms with E-state index in [4.69, 9.17) is 5.11 Å². The molecular weight excluding hydrogens is 702 g/mol. The van der Waals surface area contributed by atoms with Crippen LogP contribution in [0.4, 0.5) is 4.39 Å². The maximum Gasteiger partial charge on any atom is 0 e. The fourth-order valence-corrected chi connectivity index (χ4v) is 6.40. The van der Waals surface area contributed by atoms with Gasteiger partial charge in [0.25, 0.3) is 0 Å². The maximum absolute atomic E-state index is 15.1. The van der Waals surface area contributed by atoms with Crippen LogP contribution < -0.4 is 4.40 Å². The summed E-state index contributed by atoms with van der Waals surface area (Å²) in [7, 11) is 0. The van der Waals surface area contributed by atoms with Gasteiger partial charge in [-0.1, -0.05) is 6.07 Å². The third-order valence-corrected chi connectivity index (χ3v) is 10.2. The molecule has 0 spiro atoms. The van der Waals surface area contributed by atoms with Crippen LogP contribution in [-0.2, 0) is 24.9 Å². The first-order valence-corrected chi connectivity index (χ1v) is 19.3. The van der Waals surface area contributed by atoms with E-state index < -0.39 is 13.3 Å². The molecule has 0 aliphatic heterocycles. The minimum Gasteiger partial charge on any atom is 0 e. The molecule has 0 saturated carbocycles. The molecule has 0 atom stereocenters. The van der Waals surface area contributed by atoms with Gasteiger partial charge in [0, 0.05) is 26.2 Å². The number of pyridine rings is 1. The maximum atomic E-state index is 15.1. The monoisotopic (exact) mass is 737 g/mol. The number of aryl methyl sites for hydroxylation is 2.